The van der Waals surface area contributed by atoms with E-state index in [1.165, 1.54) is 11.0 Å². The van der Waals surface area contributed by atoms with Crippen molar-refractivity contribution in [3.8, 4) is 0 Å². The number of nitrogens with zero attached hydrogens (tertiary/aromatic N) is 1. The summed E-state index contributed by atoms with van der Waals surface area (Å²) >= 11 is 0. The van der Waals surface area contributed by atoms with Gasteiger partial charge in [0, 0.05) is 18.7 Å². The van der Waals surface area contributed by atoms with Gasteiger partial charge in [0.25, 0.3) is 5.91 Å². The van der Waals surface area contributed by atoms with Gasteiger partial charge in [0.1, 0.15) is 11.9 Å². The van der Waals surface area contributed by atoms with Crippen molar-refractivity contribution < 1.29 is 14.0 Å². The maximum atomic E-state index is 14.0. The maximum absolute atomic E-state index is 14.0. The Bertz CT molecular complexity index is 783. The number of hydrogen-bond donors (Lipinski definition) is 2. The van der Waals surface area contributed by atoms with E-state index in [2.05, 4.69) is 5.32 Å². The number of hydrogen-bond acceptors (Lipinski definition) is 3. The number of amides is 2. The highest BCUT2D eigenvalue weighted by Gasteiger charge is 2.32. The number of carbonyl (C=O) groups is 2. The van der Waals surface area contributed by atoms with Crippen molar-refractivity contribution in [3.63, 3.8) is 0 Å². The highest BCUT2D eigenvalue weighted by atomic mass is 35.5. The second kappa shape index (κ2) is 8.78. The van der Waals surface area contributed by atoms with Crippen LogP contribution in [0.4, 0.5) is 10.1 Å². The number of rotatable bonds is 4. The summed E-state index contributed by atoms with van der Waals surface area (Å²) in [6.45, 7) is 0.845. The Morgan fingerprint density at radius 3 is 2.54 bits per heavy atom. The molecule has 3 N–H and O–H groups in total. The van der Waals surface area contributed by atoms with Crippen molar-refractivity contribution >= 4 is 29.9 Å². The fourth-order valence-electron chi connectivity index (χ4n) is 2.95. The lowest BCUT2D eigenvalue weighted by molar-refractivity contribution is -0.121. The Hall–Kier alpha value is -2.44. The van der Waals surface area contributed by atoms with Gasteiger partial charge in [-0.05, 0) is 42.7 Å². The van der Waals surface area contributed by atoms with E-state index >= 15 is 0 Å². The van der Waals surface area contributed by atoms with Gasteiger partial charge < -0.3 is 16.0 Å². The molecule has 2 aromatic rings. The molecular formula is C19H21ClFN3O2. The Balaban J connectivity index is 0.00000243. The van der Waals surface area contributed by atoms with Crippen LogP contribution < -0.4 is 16.0 Å². The minimum Gasteiger partial charge on any atom is -0.340 e. The Labute approximate surface area is 157 Å². The van der Waals surface area contributed by atoms with Crippen LogP contribution in [-0.4, -0.2) is 24.4 Å². The van der Waals surface area contributed by atoms with E-state index in [0.29, 0.717) is 31.5 Å². The number of carbonyl (C=O) groups excluding carboxylic acids is 2. The smallest absolute Gasteiger partial charge is 0.251 e. The summed E-state index contributed by atoms with van der Waals surface area (Å²) in [4.78, 5) is 26.5. The topological polar surface area (TPSA) is 75.4 Å². The van der Waals surface area contributed by atoms with E-state index in [0.717, 1.165) is 5.56 Å². The number of nitrogens with one attached hydrogen (secondary N) is 1. The van der Waals surface area contributed by atoms with E-state index in [4.69, 9.17) is 5.73 Å². The second-order valence-electron chi connectivity index (χ2n) is 6.01. The zero-order chi connectivity index (χ0) is 17.8. The van der Waals surface area contributed by atoms with E-state index < -0.39 is 11.9 Å². The molecule has 2 aromatic carbocycles. The van der Waals surface area contributed by atoms with Crippen LogP contribution in [0.25, 0.3) is 0 Å². The Morgan fingerprint density at radius 1 is 1.19 bits per heavy atom. The molecule has 1 aliphatic rings. The summed E-state index contributed by atoms with van der Waals surface area (Å²) in [5.74, 6) is -1.05. The third-order valence-electron chi connectivity index (χ3n) is 4.34. The third kappa shape index (κ3) is 4.20. The predicted octanol–water partition coefficient (Wildman–Crippen LogP) is 2.63. The molecule has 3 rings (SSSR count). The SMILES string of the molecule is Cl.NCc1ccc(C(=O)NC2CCCN(c3ccccc3F)C2=O)cc1. The molecule has 0 bridgehead atoms. The summed E-state index contributed by atoms with van der Waals surface area (Å²) < 4.78 is 14.0. The number of piperidine rings is 1. The highest BCUT2D eigenvalue weighted by molar-refractivity contribution is 6.02. The lowest BCUT2D eigenvalue weighted by Crippen LogP contribution is -2.52. The van der Waals surface area contributed by atoms with Crippen LogP contribution in [0.1, 0.15) is 28.8 Å². The molecular weight excluding hydrogens is 357 g/mol. The van der Waals surface area contributed by atoms with Gasteiger partial charge in [-0.1, -0.05) is 24.3 Å². The van der Waals surface area contributed by atoms with Crippen LogP contribution in [0.5, 0.6) is 0 Å². The van der Waals surface area contributed by atoms with Crippen molar-refractivity contribution in [3.05, 3.63) is 65.5 Å². The van der Waals surface area contributed by atoms with Crippen molar-refractivity contribution in [2.75, 3.05) is 11.4 Å². The molecule has 26 heavy (non-hydrogen) atoms. The summed E-state index contributed by atoms with van der Waals surface area (Å²) in [5.41, 5.74) is 7.19. The molecule has 0 spiro atoms. The number of anilines is 1. The van der Waals surface area contributed by atoms with Gasteiger partial charge in [-0.3, -0.25) is 9.59 Å². The lowest BCUT2D eigenvalue weighted by atomic mass is 10.0. The van der Waals surface area contributed by atoms with Crippen LogP contribution in [0.2, 0.25) is 0 Å². The molecule has 0 saturated carbocycles. The van der Waals surface area contributed by atoms with Crippen molar-refractivity contribution in [2.24, 2.45) is 5.73 Å². The maximum Gasteiger partial charge on any atom is 0.251 e. The van der Waals surface area contributed by atoms with E-state index in [1.54, 1.807) is 42.5 Å². The minimum atomic E-state index is -0.657. The first kappa shape index (κ1) is 19.9. The summed E-state index contributed by atoms with van der Waals surface area (Å²) in [6.07, 6.45) is 1.23. The predicted molar refractivity (Wildman–Crippen MR) is 101 cm³/mol. The largest absolute Gasteiger partial charge is 0.340 e. The standard InChI is InChI=1S/C19H20FN3O2.ClH/c20-15-4-1-2-6-17(15)23-11-3-5-16(19(23)25)22-18(24)14-9-7-13(12-21)8-10-14;/h1-2,4,6-10,16H,3,5,11-12,21H2,(H,22,24);1H. The van der Waals surface area contributed by atoms with Crippen LogP contribution >= 0.6 is 12.4 Å². The first-order chi connectivity index (χ1) is 12.1. The van der Waals surface area contributed by atoms with Gasteiger partial charge in [-0.2, -0.15) is 0 Å². The molecule has 1 fully saturated rings. The Morgan fingerprint density at radius 2 is 1.88 bits per heavy atom. The van der Waals surface area contributed by atoms with Gasteiger partial charge in [-0.15, -0.1) is 12.4 Å². The molecule has 1 aliphatic heterocycles. The second-order valence-corrected chi connectivity index (χ2v) is 6.01. The first-order valence-electron chi connectivity index (χ1n) is 8.26. The molecule has 138 valence electrons. The van der Waals surface area contributed by atoms with Crippen LogP contribution in [-0.2, 0) is 11.3 Å². The average molecular weight is 378 g/mol. The molecule has 7 heteroatoms. The van der Waals surface area contributed by atoms with Gasteiger partial charge in [0.15, 0.2) is 0 Å². The third-order valence-corrected chi connectivity index (χ3v) is 4.34. The van der Waals surface area contributed by atoms with Crippen molar-refractivity contribution in [1.29, 1.82) is 0 Å². The zero-order valence-electron chi connectivity index (χ0n) is 14.2. The lowest BCUT2D eigenvalue weighted by Gasteiger charge is -2.32. The molecule has 1 unspecified atom stereocenters. The quantitative estimate of drug-likeness (QED) is 0.860. The number of para-hydroxylation sites is 1. The molecule has 1 heterocycles. The fourth-order valence-corrected chi connectivity index (χ4v) is 2.95. The molecule has 0 radical (unpaired) electrons. The minimum absolute atomic E-state index is 0. The van der Waals surface area contributed by atoms with Crippen molar-refractivity contribution in [2.45, 2.75) is 25.4 Å². The molecule has 5 nitrogen and oxygen atoms in total. The Kier molecular flexibility index (Phi) is 6.71. The normalized spacial score (nSPS) is 16.8. The number of nitrogens with two attached hydrogens (primary N) is 1. The first-order valence-corrected chi connectivity index (χ1v) is 8.26. The number of halogens is 2. The molecule has 0 aliphatic carbocycles. The van der Waals surface area contributed by atoms with Crippen LogP contribution in [0.15, 0.2) is 48.5 Å². The zero-order valence-corrected chi connectivity index (χ0v) is 15.0. The van der Waals surface area contributed by atoms with Crippen LogP contribution in [0.3, 0.4) is 0 Å². The van der Waals surface area contributed by atoms with E-state index in [1.807, 2.05) is 0 Å². The molecule has 1 saturated heterocycles. The van der Waals surface area contributed by atoms with Gasteiger partial charge >= 0.3 is 0 Å². The highest BCUT2D eigenvalue weighted by Crippen LogP contribution is 2.24. The number of benzene rings is 2. The molecule has 1 atom stereocenters. The monoisotopic (exact) mass is 377 g/mol. The average Bonchev–Trinajstić information content (AvgIpc) is 2.64. The van der Waals surface area contributed by atoms with Crippen molar-refractivity contribution in [1.82, 2.24) is 5.32 Å². The molecule has 2 amide bonds. The summed E-state index contributed by atoms with van der Waals surface area (Å²) in [5, 5.41) is 2.76. The van der Waals surface area contributed by atoms with Gasteiger partial charge in [0.2, 0.25) is 5.91 Å². The van der Waals surface area contributed by atoms with E-state index in [9.17, 15) is 14.0 Å². The molecule has 0 aromatic heterocycles. The fraction of sp³-hybridized carbons (Fsp3) is 0.263. The van der Waals surface area contributed by atoms with Gasteiger partial charge in [0.05, 0.1) is 5.69 Å². The summed E-state index contributed by atoms with van der Waals surface area (Å²) in [6, 6.07) is 12.4. The van der Waals surface area contributed by atoms with Gasteiger partial charge in [-0.25, -0.2) is 4.39 Å². The van der Waals surface area contributed by atoms with E-state index in [-0.39, 0.29) is 29.9 Å². The summed E-state index contributed by atoms with van der Waals surface area (Å²) in [7, 11) is 0. The van der Waals surface area contributed by atoms with Crippen LogP contribution in [0, 0.1) is 5.82 Å².